The van der Waals surface area contributed by atoms with Gasteiger partial charge >= 0.3 is 24.5 Å². The molecular weight excluding hydrogens is 617 g/mol. The van der Waals surface area contributed by atoms with Crippen molar-refractivity contribution in [2.24, 2.45) is 0 Å². The van der Waals surface area contributed by atoms with Gasteiger partial charge in [-0.3, -0.25) is 0 Å². The lowest BCUT2D eigenvalue weighted by molar-refractivity contribution is -0.192. The first kappa shape index (κ1) is 33.9. The van der Waals surface area contributed by atoms with Gasteiger partial charge in [0, 0.05) is 11.8 Å². The van der Waals surface area contributed by atoms with Gasteiger partial charge in [-0.25, -0.2) is 27.9 Å². The van der Waals surface area contributed by atoms with E-state index in [1.807, 2.05) is 0 Å². The maximum Gasteiger partial charge on any atom is 0.490 e. The first-order chi connectivity index (χ1) is 19.2. The summed E-state index contributed by atoms with van der Waals surface area (Å²) in [5.41, 5.74) is -0.695. The van der Waals surface area contributed by atoms with E-state index in [-0.39, 0.29) is 33.7 Å². The molecule has 0 fully saturated rings. The summed E-state index contributed by atoms with van der Waals surface area (Å²) in [6, 6.07) is 8.62. The van der Waals surface area contributed by atoms with Crippen LogP contribution in [0.15, 0.2) is 59.8 Å². The molecule has 0 unspecified atom stereocenters. The van der Waals surface area contributed by atoms with E-state index in [9.17, 15) is 47.9 Å². The molecule has 1 aromatic heterocycles. The van der Waals surface area contributed by atoms with Crippen molar-refractivity contribution in [2.75, 3.05) is 24.3 Å². The van der Waals surface area contributed by atoms with Crippen LogP contribution in [0.25, 0.3) is 0 Å². The topological polar surface area (TPSA) is 143 Å². The molecule has 0 saturated heterocycles. The molecule has 1 heterocycles. The van der Waals surface area contributed by atoms with Crippen LogP contribution >= 0.6 is 0 Å². The van der Waals surface area contributed by atoms with E-state index in [1.54, 1.807) is 0 Å². The molecule has 4 N–H and O–H groups in total. The molecule has 0 atom stereocenters. The van der Waals surface area contributed by atoms with E-state index in [2.05, 4.69) is 25.3 Å². The van der Waals surface area contributed by atoms with Crippen LogP contribution in [0.1, 0.15) is 5.56 Å². The molecule has 2 aromatic carbocycles. The van der Waals surface area contributed by atoms with Gasteiger partial charge in [0.05, 0.1) is 16.1 Å². The number of carboxylic acids is 1. The molecule has 0 saturated carbocycles. The van der Waals surface area contributed by atoms with Crippen LogP contribution in [0.4, 0.5) is 62.5 Å². The molecule has 0 spiro atoms. The van der Waals surface area contributed by atoms with Crippen LogP contribution in [-0.2, 0) is 21.0 Å². The summed E-state index contributed by atoms with van der Waals surface area (Å²) < 4.78 is 139. The highest BCUT2D eigenvalue weighted by molar-refractivity contribution is 7.89. The maximum atomic E-state index is 12.7. The molecule has 230 valence electrons. The summed E-state index contributed by atoms with van der Waals surface area (Å²) in [4.78, 5) is 16.5. The van der Waals surface area contributed by atoms with Crippen molar-refractivity contribution in [1.82, 2.24) is 14.7 Å². The number of hydrogen-bond donors (Lipinski definition) is 4. The molecule has 0 bridgehead atoms. The third kappa shape index (κ3) is 10.6. The van der Waals surface area contributed by atoms with Gasteiger partial charge in [-0.05, 0) is 49.5 Å². The van der Waals surface area contributed by atoms with E-state index in [1.165, 1.54) is 25.2 Å². The summed E-state index contributed by atoms with van der Waals surface area (Å²) in [6.07, 6.45) is -13.1. The number of nitrogens with one attached hydrogen (secondary N) is 3. The van der Waals surface area contributed by atoms with Gasteiger partial charge in [-0.2, -0.15) is 39.5 Å². The number of benzene rings is 2. The van der Waals surface area contributed by atoms with E-state index in [0.717, 1.165) is 36.7 Å². The number of halogens is 9. The van der Waals surface area contributed by atoms with Gasteiger partial charge in [0.15, 0.2) is 6.61 Å². The zero-order chi connectivity index (χ0) is 31.9. The minimum absolute atomic E-state index is 0.0327. The molecule has 0 amide bonds. The number of hydrogen-bond acceptors (Lipinski definition) is 8. The number of rotatable bonds is 8. The van der Waals surface area contributed by atoms with E-state index in [0.29, 0.717) is 0 Å². The minimum atomic E-state index is -5.08. The van der Waals surface area contributed by atoms with Crippen molar-refractivity contribution in [3.63, 3.8) is 0 Å². The van der Waals surface area contributed by atoms with Crippen molar-refractivity contribution >= 4 is 39.0 Å². The Morgan fingerprint density at radius 2 is 1.43 bits per heavy atom. The first-order valence-electron chi connectivity index (χ1n) is 10.8. The van der Waals surface area contributed by atoms with Crippen molar-refractivity contribution in [2.45, 2.75) is 23.4 Å². The number of nitrogens with zero attached hydrogens (tertiary/aromatic N) is 2. The zero-order valence-electron chi connectivity index (χ0n) is 20.7. The monoisotopic (exact) mass is 635 g/mol. The third-order valence-corrected chi connectivity index (χ3v) is 5.99. The minimum Gasteiger partial charge on any atom is -0.482 e. The standard InChI is InChI=1S/C20H17F6N5O3S.C2HF3O2/c1-27-35(32,33)14-6-7-16(34-10-19(21,22)23)15(8-14)31-18-9-17(28-11-29-18)30-13-4-2-12(3-5-13)20(24,25)26;3-2(4,5)1(6)7/h2-9,11,27H,10H2,1H3,(H2,28,29,30,31);(H,6,7). The summed E-state index contributed by atoms with van der Waals surface area (Å²) in [5, 5.41) is 12.6. The quantitative estimate of drug-likeness (QED) is 0.237. The molecule has 3 rings (SSSR count). The van der Waals surface area contributed by atoms with Gasteiger partial charge in [0.25, 0.3) is 0 Å². The molecular formula is C22H18F9N5O5S. The van der Waals surface area contributed by atoms with Crippen LogP contribution in [0.3, 0.4) is 0 Å². The molecule has 0 aliphatic rings. The number of aliphatic carboxylic acids is 1. The Labute approximate surface area is 230 Å². The Balaban J connectivity index is 0.000000782. The number of carbonyl (C=O) groups is 1. The van der Waals surface area contributed by atoms with Gasteiger partial charge < -0.3 is 20.5 Å². The Morgan fingerprint density at radius 3 is 1.90 bits per heavy atom. The smallest absolute Gasteiger partial charge is 0.482 e. The molecule has 0 radical (unpaired) electrons. The SMILES string of the molecule is CNS(=O)(=O)c1ccc(OCC(F)(F)F)c(Nc2cc(Nc3ccc(C(F)(F)F)cc3)ncn2)c1.O=C(O)C(F)(F)F. The van der Waals surface area contributed by atoms with Crippen LogP contribution in [0.5, 0.6) is 5.75 Å². The lowest BCUT2D eigenvalue weighted by Gasteiger charge is -2.16. The number of anilines is 4. The molecule has 10 nitrogen and oxygen atoms in total. The number of alkyl halides is 9. The van der Waals surface area contributed by atoms with Crippen molar-refractivity contribution in [1.29, 1.82) is 0 Å². The van der Waals surface area contributed by atoms with E-state index >= 15 is 0 Å². The highest BCUT2D eigenvalue weighted by atomic mass is 32.2. The molecule has 0 aliphatic carbocycles. The second kappa shape index (κ2) is 13.1. The average molecular weight is 635 g/mol. The van der Waals surface area contributed by atoms with Crippen molar-refractivity contribution < 1.29 is 62.6 Å². The second-order valence-electron chi connectivity index (χ2n) is 7.69. The van der Waals surface area contributed by atoms with Crippen LogP contribution in [0, 0.1) is 0 Å². The predicted octanol–water partition coefficient (Wildman–Crippen LogP) is 5.47. The van der Waals surface area contributed by atoms with Gasteiger partial charge in [-0.15, -0.1) is 0 Å². The highest BCUT2D eigenvalue weighted by Gasteiger charge is 2.38. The zero-order valence-corrected chi connectivity index (χ0v) is 21.5. The highest BCUT2D eigenvalue weighted by Crippen LogP contribution is 2.33. The largest absolute Gasteiger partial charge is 0.490 e. The van der Waals surface area contributed by atoms with Crippen LogP contribution < -0.4 is 20.1 Å². The molecule has 3 aromatic rings. The second-order valence-corrected chi connectivity index (χ2v) is 9.57. The van der Waals surface area contributed by atoms with Crippen LogP contribution in [0.2, 0.25) is 0 Å². The molecule has 0 aliphatic heterocycles. The fraction of sp³-hybridized carbons (Fsp3) is 0.227. The number of sulfonamides is 1. The number of aromatic nitrogens is 2. The van der Waals surface area contributed by atoms with Gasteiger partial charge in [-0.1, -0.05) is 0 Å². The summed E-state index contributed by atoms with van der Waals surface area (Å²) in [6.45, 7) is -1.62. The summed E-state index contributed by atoms with van der Waals surface area (Å²) >= 11 is 0. The normalized spacial score (nSPS) is 12.1. The van der Waals surface area contributed by atoms with E-state index < -0.39 is 46.7 Å². The lowest BCUT2D eigenvalue weighted by Crippen LogP contribution is -2.21. The predicted molar refractivity (Wildman–Crippen MR) is 128 cm³/mol. The molecule has 20 heteroatoms. The summed E-state index contributed by atoms with van der Waals surface area (Å²) in [7, 11) is -2.76. The Hall–Kier alpha value is -4.33. The van der Waals surface area contributed by atoms with Crippen molar-refractivity contribution in [3.8, 4) is 5.75 Å². The number of ether oxygens (including phenoxy) is 1. The first-order valence-corrected chi connectivity index (χ1v) is 12.3. The fourth-order valence-electron chi connectivity index (χ4n) is 2.70. The fourth-order valence-corrected chi connectivity index (χ4v) is 3.46. The van der Waals surface area contributed by atoms with Gasteiger partial charge in [0.2, 0.25) is 10.0 Å². The van der Waals surface area contributed by atoms with E-state index in [4.69, 9.17) is 14.6 Å². The van der Waals surface area contributed by atoms with Gasteiger partial charge in [0.1, 0.15) is 23.7 Å². The Bertz CT molecular complexity index is 1480. The number of carboxylic acid groups (broad SMARTS) is 1. The third-order valence-electron chi connectivity index (χ3n) is 4.58. The summed E-state index contributed by atoms with van der Waals surface area (Å²) in [5.74, 6) is -2.88. The molecule has 42 heavy (non-hydrogen) atoms. The Morgan fingerprint density at radius 1 is 0.881 bits per heavy atom. The lowest BCUT2D eigenvalue weighted by atomic mass is 10.2. The average Bonchev–Trinajstić information content (AvgIpc) is 2.87. The van der Waals surface area contributed by atoms with Crippen molar-refractivity contribution in [3.05, 3.63) is 60.4 Å². The van der Waals surface area contributed by atoms with Crippen LogP contribution in [-0.4, -0.2) is 55.5 Å². The maximum absolute atomic E-state index is 12.7. The Kier molecular flexibility index (Phi) is 10.6.